The molecule has 0 atom stereocenters. The fraction of sp³-hybridized carbons (Fsp3) is 0.562. The molecule has 0 aliphatic heterocycles. The van der Waals surface area contributed by atoms with Crippen LogP contribution < -0.4 is 10.6 Å². The van der Waals surface area contributed by atoms with Crippen LogP contribution >= 0.6 is 0 Å². The number of benzene rings is 1. The summed E-state index contributed by atoms with van der Waals surface area (Å²) < 4.78 is 0. The Morgan fingerprint density at radius 1 is 1.09 bits per heavy atom. The highest BCUT2D eigenvalue weighted by Crippen LogP contribution is 2.12. The van der Waals surface area contributed by atoms with Gasteiger partial charge in [0.15, 0.2) is 5.96 Å². The molecule has 2 N–H and O–H groups in total. The molecular formula is C16H26N4O2. The van der Waals surface area contributed by atoms with E-state index < -0.39 is 4.92 Å². The second kappa shape index (κ2) is 10.6. The van der Waals surface area contributed by atoms with Gasteiger partial charge in [0.2, 0.25) is 0 Å². The molecule has 0 aliphatic rings. The molecule has 0 spiro atoms. The van der Waals surface area contributed by atoms with Crippen molar-refractivity contribution in [1.82, 2.24) is 10.6 Å². The lowest BCUT2D eigenvalue weighted by Gasteiger charge is -2.11. The number of non-ortho nitro benzene ring substituents is 1. The summed E-state index contributed by atoms with van der Waals surface area (Å²) in [6, 6.07) is 6.52. The SMILES string of the molecule is CCCCCNC(=NCc1ccc([N+](=O)[O-])cc1)NCCC. The zero-order valence-electron chi connectivity index (χ0n) is 13.5. The summed E-state index contributed by atoms with van der Waals surface area (Å²) >= 11 is 0. The van der Waals surface area contributed by atoms with E-state index in [0.717, 1.165) is 37.5 Å². The van der Waals surface area contributed by atoms with Crippen molar-refractivity contribution in [2.24, 2.45) is 4.99 Å². The second-order valence-corrected chi connectivity index (χ2v) is 5.15. The van der Waals surface area contributed by atoms with Crippen molar-refractivity contribution in [1.29, 1.82) is 0 Å². The molecule has 1 aromatic carbocycles. The summed E-state index contributed by atoms with van der Waals surface area (Å²) in [4.78, 5) is 14.8. The first kappa shape index (κ1) is 17.9. The van der Waals surface area contributed by atoms with E-state index in [4.69, 9.17) is 0 Å². The number of hydrogen-bond donors (Lipinski definition) is 2. The Balaban J connectivity index is 2.56. The molecule has 0 amide bonds. The number of aliphatic imine (C=N–C) groups is 1. The minimum absolute atomic E-state index is 0.106. The van der Waals surface area contributed by atoms with Crippen molar-refractivity contribution in [2.75, 3.05) is 13.1 Å². The number of guanidine groups is 1. The van der Waals surface area contributed by atoms with Crippen molar-refractivity contribution in [2.45, 2.75) is 46.1 Å². The molecular weight excluding hydrogens is 280 g/mol. The van der Waals surface area contributed by atoms with E-state index in [9.17, 15) is 10.1 Å². The van der Waals surface area contributed by atoms with Gasteiger partial charge in [-0.25, -0.2) is 4.99 Å². The first-order valence-electron chi connectivity index (χ1n) is 7.92. The van der Waals surface area contributed by atoms with Gasteiger partial charge in [0.1, 0.15) is 0 Å². The van der Waals surface area contributed by atoms with Crippen molar-refractivity contribution in [3.05, 3.63) is 39.9 Å². The number of hydrogen-bond acceptors (Lipinski definition) is 3. The van der Waals surface area contributed by atoms with Crippen LogP contribution in [0.25, 0.3) is 0 Å². The third-order valence-corrected chi connectivity index (χ3v) is 3.18. The zero-order chi connectivity index (χ0) is 16.2. The van der Waals surface area contributed by atoms with Gasteiger partial charge in [0, 0.05) is 25.2 Å². The molecule has 0 saturated heterocycles. The lowest BCUT2D eigenvalue weighted by Crippen LogP contribution is -2.38. The number of nitro groups is 1. The summed E-state index contributed by atoms with van der Waals surface area (Å²) in [6.45, 7) is 6.57. The monoisotopic (exact) mass is 306 g/mol. The minimum atomic E-state index is -0.392. The third kappa shape index (κ3) is 7.06. The van der Waals surface area contributed by atoms with Crippen LogP contribution in [0.2, 0.25) is 0 Å². The van der Waals surface area contributed by atoms with Crippen LogP contribution in [0.3, 0.4) is 0 Å². The van der Waals surface area contributed by atoms with Crippen molar-refractivity contribution < 1.29 is 4.92 Å². The molecule has 22 heavy (non-hydrogen) atoms. The van der Waals surface area contributed by atoms with Gasteiger partial charge < -0.3 is 10.6 Å². The molecule has 122 valence electrons. The van der Waals surface area contributed by atoms with Crippen LogP contribution in [-0.4, -0.2) is 24.0 Å². The average Bonchev–Trinajstić information content (AvgIpc) is 2.53. The Morgan fingerprint density at radius 2 is 1.77 bits per heavy atom. The molecule has 0 saturated carbocycles. The molecule has 0 radical (unpaired) electrons. The van der Waals surface area contributed by atoms with Crippen molar-refractivity contribution >= 4 is 11.6 Å². The van der Waals surface area contributed by atoms with Gasteiger partial charge in [-0.2, -0.15) is 0 Å². The highest BCUT2D eigenvalue weighted by atomic mass is 16.6. The van der Waals surface area contributed by atoms with E-state index in [2.05, 4.69) is 29.5 Å². The van der Waals surface area contributed by atoms with Gasteiger partial charge in [-0.3, -0.25) is 10.1 Å². The lowest BCUT2D eigenvalue weighted by atomic mass is 10.2. The van der Waals surface area contributed by atoms with E-state index in [0.29, 0.717) is 6.54 Å². The maximum Gasteiger partial charge on any atom is 0.269 e. The summed E-state index contributed by atoms with van der Waals surface area (Å²) in [7, 11) is 0. The van der Waals surface area contributed by atoms with E-state index >= 15 is 0 Å². The Morgan fingerprint density at radius 3 is 2.36 bits per heavy atom. The van der Waals surface area contributed by atoms with E-state index in [1.165, 1.54) is 25.0 Å². The van der Waals surface area contributed by atoms with Crippen molar-refractivity contribution in [3.63, 3.8) is 0 Å². The first-order chi connectivity index (χ1) is 10.7. The lowest BCUT2D eigenvalue weighted by molar-refractivity contribution is -0.384. The predicted molar refractivity (Wildman–Crippen MR) is 90.1 cm³/mol. The maximum absolute atomic E-state index is 10.6. The quantitative estimate of drug-likeness (QED) is 0.241. The van der Waals surface area contributed by atoms with E-state index in [1.807, 2.05) is 0 Å². The van der Waals surface area contributed by atoms with Crippen LogP contribution in [0, 0.1) is 10.1 Å². The van der Waals surface area contributed by atoms with Gasteiger partial charge in [-0.05, 0) is 18.4 Å². The molecule has 6 nitrogen and oxygen atoms in total. The van der Waals surface area contributed by atoms with Gasteiger partial charge in [0.05, 0.1) is 11.5 Å². The first-order valence-corrected chi connectivity index (χ1v) is 7.92. The van der Waals surface area contributed by atoms with Crippen LogP contribution in [0.5, 0.6) is 0 Å². The third-order valence-electron chi connectivity index (χ3n) is 3.18. The van der Waals surface area contributed by atoms with Crippen molar-refractivity contribution in [3.8, 4) is 0 Å². The maximum atomic E-state index is 10.6. The Bertz CT molecular complexity index is 472. The standard InChI is InChI=1S/C16H26N4O2/c1-3-5-6-12-18-16(17-11-4-2)19-13-14-7-9-15(10-8-14)20(21)22/h7-10H,3-6,11-13H2,1-2H3,(H2,17,18,19). The van der Waals surface area contributed by atoms with Gasteiger partial charge in [-0.15, -0.1) is 0 Å². The summed E-state index contributed by atoms with van der Waals surface area (Å²) in [6.07, 6.45) is 4.56. The zero-order valence-corrected chi connectivity index (χ0v) is 13.5. The van der Waals surface area contributed by atoms with Gasteiger partial charge >= 0.3 is 0 Å². The largest absolute Gasteiger partial charge is 0.356 e. The Labute approximate surface area is 132 Å². The molecule has 0 heterocycles. The Hall–Kier alpha value is -2.11. The number of nitro benzene ring substituents is 1. The number of rotatable bonds is 9. The van der Waals surface area contributed by atoms with Crippen LogP contribution in [0.15, 0.2) is 29.3 Å². The summed E-state index contributed by atoms with van der Waals surface area (Å²) in [5.74, 6) is 0.802. The molecule has 1 rings (SSSR count). The topological polar surface area (TPSA) is 79.6 Å². The molecule has 1 aromatic rings. The molecule has 0 aliphatic carbocycles. The second-order valence-electron chi connectivity index (χ2n) is 5.15. The molecule has 0 unspecified atom stereocenters. The highest BCUT2D eigenvalue weighted by molar-refractivity contribution is 5.79. The molecule has 0 aromatic heterocycles. The molecule has 0 bridgehead atoms. The highest BCUT2D eigenvalue weighted by Gasteiger charge is 2.04. The van der Waals surface area contributed by atoms with E-state index in [-0.39, 0.29) is 5.69 Å². The number of unbranched alkanes of at least 4 members (excludes halogenated alkanes) is 2. The predicted octanol–water partition coefficient (Wildman–Crippen LogP) is 3.23. The normalized spacial score (nSPS) is 11.3. The van der Waals surface area contributed by atoms with Gasteiger partial charge in [0.25, 0.3) is 5.69 Å². The summed E-state index contributed by atoms with van der Waals surface area (Å²) in [5, 5.41) is 17.2. The summed E-state index contributed by atoms with van der Waals surface area (Å²) in [5.41, 5.74) is 1.06. The van der Waals surface area contributed by atoms with Crippen LogP contribution in [0.1, 0.15) is 45.1 Å². The average molecular weight is 306 g/mol. The number of nitrogens with one attached hydrogen (secondary N) is 2. The minimum Gasteiger partial charge on any atom is -0.356 e. The van der Waals surface area contributed by atoms with Gasteiger partial charge in [-0.1, -0.05) is 38.8 Å². The fourth-order valence-electron chi connectivity index (χ4n) is 1.89. The Kier molecular flexibility index (Phi) is 8.64. The van der Waals surface area contributed by atoms with Crippen LogP contribution in [-0.2, 0) is 6.54 Å². The molecule has 0 fully saturated rings. The smallest absolute Gasteiger partial charge is 0.269 e. The number of nitrogens with zero attached hydrogens (tertiary/aromatic N) is 2. The van der Waals surface area contributed by atoms with E-state index in [1.54, 1.807) is 12.1 Å². The fourth-order valence-corrected chi connectivity index (χ4v) is 1.89. The molecule has 6 heteroatoms. The van der Waals surface area contributed by atoms with Crippen LogP contribution in [0.4, 0.5) is 5.69 Å².